The molecule has 0 fully saturated rings. The zero-order valence-corrected chi connectivity index (χ0v) is 17.9. The van der Waals surface area contributed by atoms with Gasteiger partial charge < -0.3 is 10.1 Å². The second-order valence-corrected chi connectivity index (χ2v) is 8.43. The molecule has 0 radical (unpaired) electrons. The minimum Gasteiger partial charge on any atom is -0.452 e. The summed E-state index contributed by atoms with van der Waals surface area (Å²) >= 11 is 0. The lowest BCUT2D eigenvalue weighted by atomic mass is 9.84. The average molecular weight is 425 g/mol. The van der Waals surface area contributed by atoms with Crippen LogP contribution in [0.4, 0.5) is 5.69 Å². The Morgan fingerprint density at radius 2 is 1.75 bits per heavy atom. The van der Waals surface area contributed by atoms with Crippen molar-refractivity contribution in [2.24, 2.45) is 5.92 Å². The average Bonchev–Trinajstić information content (AvgIpc) is 2.81. The van der Waals surface area contributed by atoms with Gasteiger partial charge in [0.15, 0.2) is 6.61 Å². The molecule has 1 amide bonds. The molecule has 1 aliphatic rings. The van der Waals surface area contributed by atoms with E-state index in [-0.39, 0.29) is 12.5 Å². The molecular formula is C27H24N2O3. The van der Waals surface area contributed by atoms with Gasteiger partial charge >= 0.3 is 5.97 Å². The highest BCUT2D eigenvalue weighted by Crippen LogP contribution is 2.32. The molecule has 5 nitrogen and oxygen atoms in total. The van der Waals surface area contributed by atoms with Gasteiger partial charge in [0.2, 0.25) is 0 Å². The van der Waals surface area contributed by atoms with Crippen molar-refractivity contribution in [1.82, 2.24) is 4.98 Å². The zero-order valence-electron chi connectivity index (χ0n) is 17.9. The smallest absolute Gasteiger partial charge is 0.339 e. The Morgan fingerprint density at radius 3 is 2.62 bits per heavy atom. The minimum absolute atomic E-state index is 0.344. The topological polar surface area (TPSA) is 68.3 Å². The maximum Gasteiger partial charge on any atom is 0.339 e. The molecule has 4 aromatic rings. The van der Waals surface area contributed by atoms with Gasteiger partial charge in [0.1, 0.15) is 0 Å². The maximum atomic E-state index is 13.2. The van der Waals surface area contributed by atoms with Gasteiger partial charge in [0.25, 0.3) is 5.91 Å². The minimum atomic E-state index is -0.470. The van der Waals surface area contributed by atoms with Crippen LogP contribution in [0, 0.1) is 5.92 Å². The molecular weight excluding hydrogens is 400 g/mol. The zero-order chi connectivity index (χ0) is 22.1. The van der Waals surface area contributed by atoms with E-state index in [1.807, 2.05) is 66.7 Å². The van der Waals surface area contributed by atoms with Crippen molar-refractivity contribution in [1.29, 1.82) is 0 Å². The largest absolute Gasteiger partial charge is 0.452 e. The number of pyridine rings is 1. The fourth-order valence-corrected chi connectivity index (χ4v) is 4.52. The van der Waals surface area contributed by atoms with Crippen LogP contribution in [0.2, 0.25) is 0 Å². The fraction of sp³-hybridized carbons (Fsp3) is 0.222. The quantitative estimate of drug-likeness (QED) is 0.451. The molecule has 160 valence electrons. The summed E-state index contributed by atoms with van der Waals surface area (Å²) in [7, 11) is 0. The molecule has 1 N–H and O–H groups in total. The van der Waals surface area contributed by atoms with E-state index in [2.05, 4.69) is 12.2 Å². The lowest BCUT2D eigenvalue weighted by Gasteiger charge is -2.24. The number of anilines is 1. The van der Waals surface area contributed by atoms with Gasteiger partial charge in [0.05, 0.1) is 11.1 Å². The molecule has 0 spiro atoms. The maximum absolute atomic E-state index is 13.2. The van der Waals surface area contributed by atoms with E-state index in [0.29, 0.717) is 17.2 Å². The van der Waals surface area contributed by atoms with Gasteiger partial charge in [-0.05, 0) is 48.3 Å². The fourth-order valence-electron chi connectivity index (χ4n) is 4.52. The number of hydrogen-bond donors (Lipinski definition) is 1. The number of hydrogen-bond acceptors (Lipinski definition) is 4. The summed E-state index contributed by atoms with van der Waals surface area (Å²) in [5.41, 5.74) is 3.96. The van der Waals surface area contributed by atoms with Crippen LogP contribution in [0.15, 0.2) is 66.7 Å². The number of para-hydroxylation sites is 1. The van der Waals surface area contributed by atoms with Crippen molar-refractivity contribution in [2.75, 3.05) is 11.9 Å². The number of benzene rings is 3. The van der Waals surface area contributed by atoms with E-state index >= 15 is 0 Å². The first-order chi connectivity index (χ1) is 15.6. The molecule has 1 atom stereocenters. The number of fused-ring (bicyclic) bond motifs is 3. The van der Waals surface area contributed by atoms with E-state index in [1.165, 1.54) is 0 Å². The van der Waals surface area contributed by atoms with Gasteiger partial charge in [-0.15, -0.1) is 0 Å². The molecule has 0 aliphatic heterocycles. The van der Waals surface area contributed by atoms with Crippen molar-refractivity contribution < 1.29 is 14.3 Å². The summed E-state index contributed by atoms with van der Waals surface area (Å²) in [6, 6.07) is 21.2. The van der Waals surface area contributed by atoms with E-state index in [9.17, 15) is 9.59 Å². The van der Waals surface area contributed by atoms with Gasteiger partial charge in [-0.2, -0.15) is 0 Å². The number of esters is 1. The molecule has 5 rings (SSSR count). The standard InChI is InChI=1S/C27H24N2O3/c1-17-13-14-24-21(15-17)26(20-10-4-5-11-23(20)28-24)27(31)32-16-25(30)29-22-12-6-8-18-7-2-3-9-19(18)22/h2-12,17H,13-16H2,1H3,(H,29,30). The van der Waals surface area contributed by atoms with Gasteiger partial charge in [-0.3, -0.25) is 9.78 Å². The highest BCUT2D eigenvalue weighted by molar-refractivity contribution is 6.07. The summed E-state index contributed by atoms with van der Waals surface area (Å²) in [5.74, 6) is -0.357. The Bertz CT molecular complexity index is 1340. The Hall–Kier alpha value is -3.73. The van der Waals surface area contributed by atoms with Crippen LogP contribution in [-0.4, -0.2) is 23.5 Å². The molecule has 1 unspecified atom stereocenters. The van der Waals surface area contributed by atoms with Crippen molar-refractivity contribution in [3.8, 4) is 0 Å². The number of amides is 1. The molecule has 3 aromatic carbocycles. The Labute approximate surface area is 186 Å². The van der Waals surface area contributed by atoms with Crippen molar-refractivity contribution in [3.63, 3.8) is 0 Å². The van der Waals surface area contributed by atoms with Crippen molar-refractivity contribution in [2.45, 2.75) is 26.2 Å². The summed E-state index contributed by atoms with van der Waals surface area (Å²) in [4.78, 5) is 30.6. The summed E-state index contributed by atoms with van der Waals surface area (Å²) < 4.78 is 5.50. The van der Waals surface area contributed by atoms with Gasteiger partial charge in [0, 0.05) is 22.2 Å². The third-order valence-electron chi connectivity index (χ3n) is 6.11. The normalized spacial score (nSPS) is 15.3. The van der Waals surface area contributed by atoms with E-state index in [1.54, 1.807) is 0 Å². The number of ether oxygens (including phenoxy) is 1. The van der Waals surface area contributed by atoms with E-state index in [0.717, 1.165) is 52.2 Å². The van der Waals surface area contributed by atoms with Gasteiger partial charge in [-0.25, -0.2) is 4.79 Å². The SMILES string of the molecule is CC1CCc2nc3ccccc3c(C(=O)OCC(=O)Nc3cccc4ccccc34)c2C1. The highest BCUT2D eigenvalue weighted by Gasteiger charge is 2.26. The molecule has 5 heteroatoms. The number of nitrogens with zero attached hydrogens (tertiary/aromatic N) is 1. The van der Waals surface area contributed by atoms with Crippen LogP contribution in [0.5, 0.6) is 0 Å². The van der Waals surface area contributed by atoms with Crippen LogP contribution in [0.25, 0.3) is 21.7 Å². The van der Waals surface area contributed by atoms with Crippen LogP contribution in [0.3, 0.4) is 0 Å². The number of carbonyl (C=O) groups excluding carboxylic acids is 2. The lowest BCUT2D eigenvalue weighted by Crippen LogP contribution is -2.23. The Balaban J connectivity index is 1.38. The third kappa shape index (κ3) is 3.82. The molecule has 0 saturated heterocycles. The van der Waals surface area contributed by atoms with E-state index < -0.39 is 5.97 Å². The highest BCUT2D eigenvalue weighted by atomic mass is 16.5. The van der Waals surface area contributed by atoms with Crippen LogP contribution in [-0.2, 0) is 22.4 Å². The second-order valence-electron chi connectivity index (χ2n) is 8.43. The summed E-state index contributed by atoms with van der Waals surface area (Å²) in [5, 5.41) is 5.62. The molecule has 0 saturated carbocycles. The first-order valence-electron chi connectivity index (χ1n) is 11.0. The number of aromatic nitrogens is 1. The number of aryl methyl sites for hydroxylation is 1. The third-order valence-corrected chi connectivity index (χ3v) is 6.11. The van der Waals surface area contributed by atoms with Crippen LogP contribution in [0.1, 0.15) is 35.0 Å². The molecule has 1 aliphatic carbocycles. The number of rotatable bonds is 4. The lowest BCUT2D eigenvalue weighted by molar-refractivity contribution is -0.119. The predicted molar refractivity (Wildman–Crippen MR) is 126 cm³/mol. The Kier molecular flexibility index (Phi) is 5.31. The Morgan fingerprint density at radius 1 is 1.00 bits per heavy atom. The predicted octanol–water partition coefficient (Wildman–Crippen LogP) is 5.31. The van der Waals surface area contributed by atoms with Crippen molar-refractivity contribution >= 4 is 39.2 Å². The molecule has 1 aromatic heterocycles. The number of nitrogens with one attached hydrogen (secondary N) is 1. The first-order valence-corrected chi connectivity index (χ1v) is 11.0. The van der Waals surface area contributed by atoms with Crippen LogP contribution >= 0.6 is 0 Å². The first kappa shape index (κ1) is 20.2. The molecule has 32 heavy (non-hydrogen) atoms. The summed E-state index contributed by atoms with van der Waals surface area (Å²) in [6.45, 7) is 1.84. The molecule has 0 bridgehead atoms. The van der Waals surface area contributed by atoms with Crippen molar-refractivity contribution in [3.05, 3.63) is 83.6 Å². The van der Waals surface area contributed by atoms with E-state index in [4.69, 9.17) is 9.72 Å². The summed E-state index contributed by atoms with van der Waals surface area (Å²) in [6.07, 6.45) is 2.70. The monoisotopic (exact) mass is 424 g/mol. The van der Waals surface area contributed by atoms with Gasteiger partial charge in [-0.1, -0.05) is 61.5 Å². The molecule has 1 heterocycles. The second kappa shape index (κ2) is 8.42. The van der Waals surface area contributed by atoms with Crippen LogP contribution < -0.4 is 5.32 Å². The number of carbonyl (C=O) groups is 2.